The zero-order valence-corrected chi connectivity index (χ0v) is 7.40. The van der Waals surface area contributed by atoms with Crippen molar-refractivity contribution in [3.8, 4) is 0 Å². The van der Waals surface area contributed by atoms with Gasteiger partial charge in [-0.15, -0.1) is 0 Å². The number of nitrogens with zero attached hydrogens (tertiary/aromatic N) is 1. The summed E-state index contributed by atoms with van der Waals surface area (Å²) in [6.45, 7) is 0. The molecule has 72 valence electrons. The number of rotatable bonds is 2. The van der Waals surface area contributed by atoms with Crippen molar-refractivity contribution in [1.29, 1.82) is 0 Å². The molecule has 14 heavy (non-hydrogen) atoms. The Morgan fingerprint density at radius 3 is 2.79 bits per heavy atom. The van der Waals surface area contributed by atoms with Gasteiger partial charge in [-0.2, -0.15) is 0 Å². The average molecular weight is 192 g/mol. The molecule has 1 heterocycles. The van der Waals surface area contributed by atoms with Gasteiger partial charge in [-0.05, 0) is 11.6 Å². The summed E-state index contributed by atoms with van der Waals surface area (Å²) in [5.74, 6) is 0.631. The van der Waals surface area contributed by atoms with E-state index in [9.17, 15) is 4.39 Å². The Bertz CT molecular complexity index is 439. The molecular weight excluding hydrogens is 183 g/mol. The van der Waals surface area contributed by atoms with E-state index in [1.807, 2.05) is 0 Å². The summed E-state index contributed by atoms with van der Waals surface area (Å²) in [5, 5.41) is 3.52. The monoisotopic (exact) mass is 192 g/mol. The maximum atomic E-state index is 13.2. The van der Waals surface area contributed by atoms with Gasteiger partial charge >= 0.3 is 0 Å². The van der Waals surface area contributed by atoms with Gasteiger partial charge in [0.2, 0.25) is 0 Å². The molecule has 2 rings (SSSR count). The predicted molar refractivity (Wildman–Crippen MR) is 50.1 cm³/mol. The number of hydrogen-bond acceptors (Lipinski definition) is 3. The number of halogens is 1. The normalized spacial score (nSPS) is 10.4. The molecule has 0 aliphatic heterocycles. The fraction of sp³-hybridized carbons (Fsp3) is 0.100. The van der Waals surface area contributed by atoms with E-state index in [-0.39, 0.29) is 5.82 Å². The molecule has 0 bridgehead atoms. The Morgan fingerprint density at radius 2 is 2.14 bits per heavy atom. The summed E-state index contributed by atoms with van der Waals surface area (Å²) in [7, 11) is 0. The molecule has 4 heteroatoms. The largest absolute Gasteiger partial charge is 0.381 e. The van der Waals surface area contributed by atoms with Gasteiger partial charge in [-0.25, -0.2) is 4.39 Å². The van der Waals surface area contributed by atoms with Crippen LogP contribution in [0.25, 0.3) is 0 Å². The summed E-state index contributed by atoms with van der Waals surface area (Å²) in [5.41, 5.74) is 5.94. The van der Waals surface area contributed by atoms with E-state index in [0.717, 1.165) is 0 Å². The molecule has 2 N–H and O–H groups in total. The number of aromatic nitrogens is 1. The lowest BCUT2D eigenvalue weighted by atomic mass is 10.1. The Morgan fingerprint density at radius 1 is 1.36 bits per heavy atom. The van der Waals surface area contributed by atoms with E-state index in [0.29, 0.717) is 23.6 Å². The second-order valence-electron chi connectivity index (χ2n) is 2.99. The van der Waals surface area contributed by atoms with Gasteiger partial charge in [0.15, 0.2) is 5.82 Å². The first-order valence-electron chi connectivity index (χ1n) is 4.20. The number of hydrogen-bond donors (Lipinski definition) is 1. The van der Waals surface area contributed by atoms with E-state index in [4.69, 9.17) is 10.3 Å². The van der Waals surface area contributed by atoms with E-state index in [1.165, 1.54) is 6.07 Å². The third-order valence-electron chi connectivity index (χ3n) is 1.90. The van der Waals surface area contributed by atoms with Crippen molar-refractivity contribution < 1.29 is 8.91 Å². The molecule has 0 saturated carbocycles. The molecule has 0 atom stereocenters. The Kier molecular flexibility index (Phi) is 2.18. The smallest absolute Gasteiger partial charge is 0.167 e. The van der Waals surface area contributed by atoms with Crippen LogP contribution in [0.5, 0.6) is 0 Å². The van der Waals surface area contributed by atoms with Crippen LogP contribution in [0.15, 0.2) is 34.9 Å². The van der Waals surface area contributed by atoms with Gasteiger partial charge in [-0.3, -0.25) is 0 Å². The third-order valence-corrected chi connectivity index (χ3v) is 1.90. The second-order valence-corrected chi connectivity index (χ2v) is 2.99. The van der Waals surface area contributed by atoms with Crippen LogP contribution in [-0.4, -0.2) is 5.16 Å². The van der Waals surface area contributed by atoms with Crippen molar-refractivity contribution >= 4 is 5.82 Å². The summed E-state index contributed by atoms with van der Waals surface area (Å²) in [6.07, 6.45) is 0.372. The highest BCUT2D eigenvalue weighted by Crippen LogP contribution is 2.14. The first-order valence-corrected chi connectivity index (χ1v) is 4.20. The van der Waals surface area contributed by atoms with Crippen molar-refractivity contribution in [3.63, 3.8) is 0 Å². The summed E-state index contributed by atoms with van der Waals surface area (Å²) >= 11 is 0. The van der Waals surface area contributed by atoms with E-state index >= 15 is 0 Å². The number of anilines is 1. The van der Waals surface area contributed by atoms with Gasteiger partial charge in [0.05, 0.1) is 0 Å². The molecule has 0 spiro atoms. The molecule has 0 aliphatic carbocycles. The maximum absolute atomic E-state index is 13.2. The summed E-state index contributed by atoms with van der Waals surface area (Å²) < 4.78 is 18.1. The van der Waals surface area contributed by atoms with Crippen LogP contribution in [0.3, 0.4) is 0 Å². The number of benzene rings is 1. The third kappa shape index (κ3) is 1.74. The minimum atomic E-state index is -0.248. The molecule has 1 aromatic carbocycles. The van der Waals surface area contributed by atoms with Crippen LogP contribution in [0.2, 0.25) is 0 Å². The number of nitrogens with two attached hydrogens (primary N) is 1. The van der Waals surface area contributed by atoms with Crippen molar-refractivity contribution in [2.75, 3.05) is 5.73 Å². The molecule has 3 nitrogen and oxygen atoms in total. The fourth-order valence-corrected chi connectivity index (χ4v) is 1.24. The second kappa shape index (κ2) is 3.49. The molecule has 0 saturated heterocycles. The Balaban J connectivity index is 2.23. The SMILES string of the molecule is Nc1cc(Cc2ccccc2F)on1. The fourth-order valence-electron chi connectivity index (χ4n) is 1.24. The first-order chi connectivity index (χ1) is 6.75. The molecule has 0 fully saturated rings. The summed E-state index contributed by atoms with van der Waals surface area (Å²) in [6, 6.07) is 8.13. The highest BCUT2D eigenvalue weighted by Gasteiger charge is 2.06. The lowest BCUT2D eigenvalue weighted by Gasteiger charge is -1.97. The van der Waals surface area contributed by atoms with Crippen molar-refractivity contribution in [2.45, 2.75) is 6.42 Å². The first kappa shape index (κ1) is 8.74. The lowest BCUT2D eigenvalue weighted by molar-refractivity contribution is 0.391. The van der Waals surface area contributed by atoms with Crippen LogP contribution < -0.4 is 5.73 Å². The highest BCUT2D eigenvalue weighted by molar-refractivity contribution is 5.30. The molecule has 0 unspecified atom stereocenters. The van der Waals surface area contributed by atoms with Gasteiger partial charge in [0.1, 0.15) is 11.6 Å². The zero-order chi connectivity index (χ0) is 9.97. The standard InChI is InChI=1S/C10H9FN2O/c11-9-4-2-1-3-7(9)5-8-6-10(12)13-14-8/h1-4,6H,5H2,(H2,12,13). The Labute approximate surface area is 80.3 Å². The van der Waals surface area contributed by atoms with Crippen molar-refractivity contribution in [3.05, 3.63) is 47.5 Å². The van der Waals surface area contributed by atoms with Gasteiger partial charge in [0.25, 0.3) is 0 Å². The molecule has 0 aliphatic rings. The zero-order valence-electron chi connectivity index (χ0n) is 7.40. The molecule has 1 aromatic heterocycles. The van der Waals surface area contributed by atoms with Gasteiger partial charge < -0.3 is 10.3 Å². The Hall–Kier alpha value is -1.84. The van der Waals surface area contributed by atoms with Crippen LogP contribution >= 0.6 is 0 Å². The quantitative estimate of drug-likeness (QED) is 0.791. The average Bonchev–Trinajstić information content (AvgIpc) is 2.56. The maximum Gasteiger partial charge on any atom is 0.167 e. The highest BCUT2D eigenvalue weighted by atomic mass is 19.1. The van der Waals surface area contributed by atoms with Gasteiger partial charge in [0, 0.05) is 12.5 Å². The van der Waals surface area contributed by atoms with E-state index in [1.54, 1.807) is 24.3 Å². The topological polar surface area (TPSA) is 52.0 Å². The van der Waals surface area contributed by atoms with Crippen LogP contribution in [0.4, 0.5) is 10.2 Å². The van der Waals surface area contributed by atoms with Gasteiger partial charge in [-0.1, -0.05) is 23.4 Å². The van der Waals surface area contributed by atoms with Crippen LogP contribution in [0.1, 0.15) is 11.3 Å². The van der Waals surface area contributed by atoms with Crippen LogP contribution in [0, 0.1) is 5.82 Å². The minimum Gasteiger partial charge on any atom is -0.381 e. The molecule has 0 radical (unpaired) electrons. The molecule has 0 amide bonds. The van der Waals surface area contributed by atoms with E-state index in [2.05, 4.69) is 5.16 Å². The molecule has 2 aromatic rings. The lowest BCUT2D eigenvalue weighted by Crippen LogP contribution is -1.90. The van der Waals surface area contributed by atoms with Crippen molar-refractivity contribution in [1.82, 2.24) is 5.16 Å². The van der Waals surface area contributed by atoms with Crippen molar-refractivity contribution in [2.24, 2.45) is 0 Å². The summed E-state index contributed by atoms with van der Waals surface area (Å²) in [4.78, 5) is 0. The minimum absolute atomic E-state index is 0.248. The molecular formula is C10H9FN2O. The predicted octanol–water partition coefficient (Wildman–Crippen LogP) is 1.99. The number of nitrogen functional groups attached to an aromatic ring is 1. The van der Waals surface area contributed by atoms with E-state index < -0.39 is 0 Å². The van der Waals surface area contributed by atoms with Crippen LogP contribution in [-0.2, 0) is 6.42 Å².